The van der Waals surface area contributed by atoms with Gasteiger partial charge in [-0.05, 0) is 159 Å². The Labute approximate surface area is 553 Å². The minimum Gasteiger partial charge on any atom is -0.537 e. The first-order chi connectivity index (χ1) is 46.5. The van der Waals surface area contributed by atoms with Gasteiger partial charge in [0.25, 0.3) is 0 Å². The molecule has 0 unspecified atom stereocenters. The summed E-state index contributed by atoms with van der Waals surface area (Å²) >= 11 is 3.47. The van der Waals surface area contributed by atoms with E-state index < -0.39 is 0 Å². The molecule has 2 aromatic heterocycles. The summed E-state index contributed by atoms with van der Waals surface area (Å²) in [7, 11) is 0.756. The Morgan fingerprint density at radius 2 is 0.532 bits per heavy atom. The SMILES string of the molecule is Brc1ccc(-c2ccc3oc4ccccc4c3c2)cc1.O[B]Oc1c2ccccc2c(-c2ccccc2-c2ccccc2)c2ccccc12.c1ccc(-c2ccccc2-c2c3ccccc3c(-c3ccc(-c4ccc5oc6ccccc6c5c4)cc3)c3ccccc23)cc1. The smallest absolute Gasteiger partial charge is 0.537 e. The molecule has 0 saturated carbocycles. The lowest BCUT2D eigenvalue weighted by atomic mass is 9.83. The van der Waals surface area contributed by atoms with Gasteiger partial charge in [-0.1, -0.05) is 307 Å². The van der Waals surface area contributed by atoms with Crippen LogP contribution >= 0.6 is 15.9 Å². The van der Waals surface area contributed by atoms with Crippen molar-refractivity contribution in [1.82, 2.24) is 0 Å². The molecule has 94 heavy (non-hydrogen) atoms. The molecule has 0 atom stereocenters. The topological polar surface area (TPSA) is 55.7 Å². The van der Waals surface area contributed by atoms with Crippen LogP contribution in [0.4, 0.5) is 0 Å². The third kappa shape index (κ3) is 10.7. The van der Waals surface area contributed by atoms with Crippen LogP contribution in [0.2, 0.25) is 0 Å². The molecule has 0 aliphatic heterocycles. The first-order valence-electron chi connectivity index (χ1n) is 31.5. The lowest BCUT2D eigenvalue weighted by molar-refractivity contribution is 0.459. The zero-order valence-electron chi connectivity index (χ0n) is 51.0. The highest BCUT2D eigenvalue weighted by Crippen LogP contribution is 2.48. The highest BCUT2D eigenvalue weighted by molar-refractivity contribution is 9.10. The Morgan fingerprint density at radius 3 is 0.947 bits per heavy atom. The summed E-state index contributed by atoms with van der Waals surface area (Å²) in [5.41, 5.74) is 20.7. The van der Waals surface area contributed by atoms with Crippen molar-refractivity contribution in [2.75, 3.05) is 0 Å². The first-order valence-corrected chi connectivity index (χ1v) is 32.3. The maximum atomic E-state index is 9.37. The molecule has 0 saturated heterocycles. The Balaban J connectivity index is 0.000000122. The predicted molar refractivity (Wildman–Crippen MR) is 398 cm³/mol. The highest BCUT2D eigenvalue weighted by Gasteiger charge is 2.21. The van der Waals surface area contributed by atoms with E-state index in [9.17, 15) is 5.02 Å². The van der Waals surface area contributed by atoms with Gasteiger partial charge in [0, 0.05) is 36.8 Å². The largest absolute Gasteiger partial charge is 0.569 e. The monoisotopic (exact) mass is 1270 g/mol. The fourth-order valence-electron chi connectivity index (χ4n) is 13.7. The fourth-order valence-corrected chi connectivity index (χ4v) is 14.0. The summed E-state index contributed by atoms with van der Waals surface area (Å²) in [5, 5.41) is 23.2. The molecular weight excluding hydrogens is 1210 g/mol. The van der Waals surface area contributed by atoms with Crippen molar-refractivity contribution in [1.29, 1.82) is 0 Å². The van der Waals surface area contributed by atoms with E-state index in [2.05, 4.69) is 277 Å². The van der Waals surface area contributed by atoms with Crippen molar-refractivity contribution in [3.05, 3.63) is 344 Å². The molecule has 0 spiro atoms. The first kappa shape index (κ1) is 57.6. The maximum Gasteiger partial charge on any atom is 0.569 e. The summed E-state index contributed by atoms with van der Waals surface area (Å²) in [4.78, 5) is 0. The molecule has 0 bridgehead atoms. The van der Waals surface area contributed by atoms with Crippen LogP contribution in [0.25, 0.3) is 165 Å². The van der Waals surface area contributed by atoms with E-state index in [1.165, 1.54) is 110 Å². The van der Waals surface area contributed by atoms with Crippen LogP contribution in [0.1, 0.15) is 0 Å². The number of fused-ring (bicyclic) bond motifs is 10. The summed E-state index contributed by atoms with van der Waals surface area (Å²) in [6.45, 7) is 0. The quantitative estimate of drug-likeness (QED) is 0.116. The van der Waals surface area contributed by atoms with Gasteiger partial charge in [0.1, 0.15) is 28.1 Å². The van der Waals surface area contributed by atoms with Gasteiger partial charge in [0.2, 0.25) is 0 Å². The van der Waals surface area contributed by atoms with Gasteiger partial charge < -0.3 is 18.5 Å². The van der Waals surface area contributed by atoms with Crippen LogP contribution in [0.3, 0.4) is 0 Å². The minimum absolute atomic E-state index is 0.666. The summed E-state index contributed by atoms with van der Waals surface area (Å²) in [6.07, 6.45) is 0. The molecule has 18 rings (SSSR count). The van der Waals surface area contributed by atoms with Crippen molar-refractivity contribution in [3.8, 4) is 83.6 Å². The van der Waals surface area contributed by atoms with Gasteiger partial charge >= 0.3 is 7.69 Å². The minimum atomic E-state index is 0.666. The lowest BCUT2D eigenvalue weighted by Gasteiger charge is -2.19. The van der Waals surface area contributed by atoms with E-state index >= 15 is 0 Å². The van der Waals surface area contributed by atoms with Crippen LogP contribution in [-0.2, 0) is 0 Å². The van der Waals surface area contributed by atoms with Gasteiger partial charge in [0.15, 0.2) is 0 Å². The molecule has 18 aromatic rings. The molecule has 0 fully saturated rings. The molecule has 0 aliphatic rings. The lowest BCUT2D eigenvalue weighted by Crippen LogP contribution is -2.02. The van der Waals surface area contributed by atoms with Gasteiger partial charge in [-0.2, -0.15) is 0 Å². The number of benzene rings is 16. The number of hydrogen-bond donors (Lipinski definition) is 1. The number of para-hydroxylation sites is 2. The number of rotatable bonds is 9. The number of halogens is 1. The van der Waals surface area contributed by atoms with E-state index in [4.69, 9.17) is 13.5 Å². The van der Waals surface area contributed by atoms with Crippen LogP contribution < -0.4 is 4.65 Å². The number of hydrogen-bond acceptors (Lipinski definition) is 4. The second-order valence-electron chi connectivity index (χ2n) is 23.4. The van der Waals surface area contributed by atoms with Crippen molar-refractivity contribution in [3.63, 3.8) is 0 Å². The van der Waals surface area contributed by atoms with E-state index in [-0.39, 0.29) is 0 Å². The average Bonchev–Trinajstić information content (AvgIpc) is 1.05. The summed E-state index contributed by atoms with van der Waals surface area (Å²) in [5.74, 6) is 0.666. The van der Waals surface area contributed by atoms with Crippen molar-refractivity contribution in [2.45, 2.75) is 0 Å². The zero-order chi connectivity index (χ0) is 62.9. The Kier molecular flexibility index (Phi) is 15.5. The van der Waals surface area contributed by atoms with E-state index in [1.54, 1.807) is 0 Å². The van der Waals surface area contributed by atoms with Gasteiger partial charge in [-0.25, -0.2) is 0 Å². The molecule has 1 N–H and O–H groups in total. The van der Waals surface area contributed by atoms with Crippen LogP contribution in [0.5, 0.6) is 5.75 Å². The second-order valence-corrected chi connectivity index (χ2v) is 24.3. The van der Waals surface area contributed by atoms with E-state index in [0.717, 1.165) is 66.8 Å². The summed E-state index contributed by atoms with van der Waals surface area (Å²) in [6, 6.07) is 119. The molecule has 6 heteroatoms. The molecule has 16 aromatic carbocycles. The zero-order valence-corrected chi connectivity index (χ0v) is 52.5. The summed E-state index contributed by atoms with van der Waals surface area (Å²) < 4.78 is 18.6. The number of furan rings is 2. The predicted octanol–water partition coefficient (Wildman–Crippen LogP) is 24.8. The van der Waals surface area contributed by atoms with E-state index in [1.807, 2.05) is 78.9 Å². The second kappa shape index (κ2) is 25.3. The van der Waals surface area contributed by atoms with Gasteiger partial charge in [-0.3, -0.25) is 0 Å². The van der Waals surface area contributed by atoms with Crippen LogP contribution in [-0.4, -0.2) is 12.7 Å². The van der Waals surface area contributed by atoms with Crippen LogP contribution in [0.15, 0.2) is 353 Å². The fraction of sp³-hybridized carbons (Fsp3) is 0. The van der Waals surface area contributed by atoms with E-state index in [0.29, 0.717) is 5.75 Å². The van der Waals surface area contributed by atoms with Gasteiger partial charge in [0.05, 0.1) is 0 Å². The Bertz CT molecular complexity index is 5700. The maximum absolute atomic E-state index is 9.37. The normalized spacial score (nSPS) is 11.3. The Morgan fingerprint density at radius 1 is 0.234 bits per heavy atom. The highest BCUT2D eigenvalue weighted by atomic mass is 79.9. The molecule has 1 radical (unpaired) electrons. The molecule has 4 nitrogen and oxygen atoms in total. The standard InChI is InChI=1S/C44H28O.C26H18BO2.C18H11BrO/c1-2-12-30(13-3-1)33-14-4-5-16-35(33)44-38-19-8-6-17-36(38)43(37-18-7-9-20-39(37)44)31-24-22-29(23-25-31)32-26-27-42-40(28-32)34-15-10-11-21-41(34)45-42;28-27-29-26-23-16-8-6-14-21(23)25(22-15-7-9-17-24(22)26)20-13-5-4-12-19(20)18-10-2-1-3-11-18;19-14-8-5-12(6-9-14)13-7-10-18-16(11-13)15-3-1-2-4-17(15)20-18/h1-28H;1-17,28H;1-11H. The van der Waals surface area contributed by atoms with Crippen molar-refractivity contribution in [2.24, 2.45) is 0 Å². The van der Waals surface area contributed by atoms with Crippen molar-refractivity contribution < 1.29 is 18.5 Å². The van der Waals surface area contributed by atoms with Crippen molar-refractivity contribution >= 4 is 111 Å². The van der Waals surface area contributed by atoms with Crippen LogP contribution in [0, 0.1) is 0 Å². The third-order valence-corrected chi connectivity index (χ3v) is 18.5. The van der Waals surface area contributed by atoms with Gasteiger partial charge in [-0.15, -0.1) is 0 Å². The molecular formula is C88H57BBrO4. The molecule has 0 amide bonds. The molecule has 2 heterocycles. The third-order valence-electron chi connectivity index (χ3n) is 18.0. The Hall–Kier alpha value is -11.5. The average molecular weight is 1270 g/mol. The molecule has 443 valence electrons. The molecule has 0 aliphatic carbocycles.